The summed E-state index contributed by atoms with van der Waals surface area (Å²) in [7, 11) is 0. The molecule has 2 rings (SSSR count). The maximum Gasteiger partial charge on any atom is 0.0942 e. The fourth-order valence-corrected chi connectivity index (χ4v) is 3.15. The summed E-state index contributed by atoms with van der Waals surface area (Å²) in [4.78, 5) is 0. The molecule has 0 bridgehead atoms. The molecule has 1 atom stereocenters. The molecular formula is C13H24O2. The molecule has 0 aromatic carbocycles. The predicted molar refractivity (Wildman–Crippen MR) is 60.8 cm³/mol. The number of rotatable bonds is 4. The second-order valence-electron chi connectivity index (χ2n) is 5.19. The predicted octanol–water partition coefficient (Wildman–Crippen LogP) is 2.89. The summed E-state index contributed by atoms with van der Waals surface area (Å²) in [5.41, 5.74) is -0.182. The van der Waals surface area contributed by atoms with Gasteiger partial charge in [0.25, 0.3) is 0 Å². The van der Waals surface area contributed by atoms with Crippen LogP contribution in [0.5, 0.6) is 0 Å². The SMILES string of the molecule is CCOC1(C(O)C2CCC2)CCCCC1. The number of aliphatic hydroxyl groups is 1. The first-order valence-corrected chi connectivity index (χ1v) is 6.60. The van der Waals surface area contributed by atoms with E-state index in [9.17, 15) is 5.11 Å². The van der Waals surface area contributed by atoms with Crippen LogP contribution in [0.4, 0.5) is 0 Å². The summed E-state index contributed by atoms with van der Waals surface area (Å²) < 4.78 is 5.94. The number of aliphatic hydroxyl groups excluding tert-OH is 1. The molecule has 15 heavy (non-hydrogen) atoms. The molecule has 0 radical (unpaired) electrons. The van der Waals surface area contributed by atoms with Crippen molar-refractivity contribution in [3.05, 3.63) is 0 Å². The lowest BCUT2D eigenvalue weighted by molar-refractivity contribution is -0.165. The van der Waals surface area contributed by atoms with Gasteiger partial charge in [-0.1, -0.05) is 25.7 Å². The Balaban J connectivity index is 2.01. The van der Waals surface area contributed by atoms with Crippen LogP contribution in [0, 0.1) is 5.92 Å². The average Bonchev–Trinajstić information content (AvgIpc) is 2.17. The van der Waals surface area contributed by atoms with Gasteiger partial charge in [0.05, 0.1) is 11.7 Å². The first kappa shape index (κ1) is 11.4. The lowest BCUT2D eigenvalue weighted by Crippen LogP contribution is -2.51. The third-order valence-electron chi connectivity index (χ3n) is 4.27. The third kappa shape index (κ3) is 2.21. The van der Waals surface area contributed by atoms with Gasteiger partial charge in [-0.15, -0.1) is 0 Å². The molecular weight excluding hydrogens is 188 g/mol. The Hall–Kier alpha value is -0.0800. The fraction of sp³-hybridized carbons (Fsp3) is 1.00. The smallest absolute Gasteiger partial charge is 0.0942 e. The van der Waals surface area contributed by atoms with Crippen molar-refractivity contribution in [3.8, 4) is 0 Å². The van der Waals surface area contributed by atoms with E-state index in [1.165, 1.54) is 38.5 Å². The van der Waals surface area contributed by atoms with Gasteiger partial charge >= 0.3 is 0 Å². The molecule has 0 amide bonds. The zero-order chi connectivity index (χ0) is 10.7. The lowest BCUT2D eigenvalue weighted by atomic mass is 9.70. The Kier molecular flexibility index (Phi) is 3.68. The maximum absolute atomic E-state index is 10.5. The van der Waals surface area contributed by atoms with E-state index in [-0.39, 0.29) is 11.7 Å². The van der Waals surface area contributed by atoms with Crippen LogP contribution in [0.2, 0.25) is 0 Å². The van der Waals surface area contributed by atoms with Gasteiger partial charge in [-0.2, -0.15) is 0 Å². The van der Waals surface area contributed by atoms with Crippen molar-refractivity contribution in [1.82, 2.24) is 0 Å². The van der Waals surface area contributed by atoms with Crippen LogP contribution in [0.1, 0.15) is 58.3 Å². The molecule has 2 aliphatic carbocycles. The number of hydrogen-bond donors (Lipinski definition) is 1. The number of hydrogen-bond acceptors (Lipinski definition) is 2. The third-order valence-corrected chi connectivity index (χ3v) is 4.27. The Morgan fingerprint density at radius 3 is 2.33 bits per heavy atom. The summed E-state index contributed by atoms with van der Waals surface area (Å²) >= 11 is 0. The van der Waals surface area contributed by atoms with Crippen LogP contribution in [0.3, 0.4) is 0 Å². The topological polar surface area (TPSA) is 29.5 Å². The van der Waals surface area contributed by atoms with Crippen LogP contribution >= 0.6 is 0 Å². The molecule has 2 saturated carbocycles. The first-order valence-electron chi connectivity index (χ1n) is 6.60. The van der Waals surface area contributed by atoms with E-state index in [4.69, 9.17) is 4.74 Å². The largest absolute Gasteiger partial charge is 0.390 e. The molecule has 0 aromatic heterocycles. The van der Waals surface area contributed by atoms with Crippen molar-refractivity contribution >= 4 is 0 Å². The summed E-state index contributed by atoms with van der Waals surface area (Å²) in [6.45, 7) is 2.79. The molecule has 0 heterocycles. The van der Waals surface area contributed by atoms with Crippen molar-refractivity contribution < 1.29 is 9.84 Å². The quantitative estimate of drug-likeness (QED) is 0.776. The summed E-state index contributed by atoms with van der Waals surface area (Å²) in [5, 5.41) is 10.5. The zero-order valence-corrected chi connectivity index (χ0v) is 9.87. The van der Waals surface area contributed by atoms with Gasteiger partial charge in [-0.05, 0) is 38.5 Å². The molecule has 1 unspecified atom stereocenters. The molecule has 0 spiro atoms. The maximum atomic E-state index is 10.5. The van der Waals surface area contributed by atoms with Crippen LogP contribution in [0.15, 0.2) is 0 Å². The van der Waals surface area contributed by atoms with E-state index >= 15 is 0 Å². The number of ether oxygens (including phenoxy) is 1. The van der Waals surface area contributed by atoms with E-state index in [1.54, 1.807) is 0 Å². The van der Waals surface area contributed by atoms with Gasteiger partial charge in [0.2, 0.25) is 0 Å². The minimum absolute atomic E-state index is 0.182. The van der Waals surface area contributed by atoms with E-state index < -0.39 is 0 Å². The standard InChI is InChI=1S/C13H24O2/c1-2-15-13(9-4-3-5-10-13)12(14)11-7-6-8-11/h11-12,14H,2-10H2,1H3. The van der Waals surface area contributed by atoms with Crippen molar-refractivity contribution in [2.75, 3.05) is 6.61 Å². The summed E-state index contributed by atoms with van der Waals surface area (Å²) in [5.74, 6) is 0.523. The highest BCUT2D eigenvalue weighted by atomic mass is 16.5. The highest BCUT2D eigenvalue weighted by molar-refractivity contribution is 4.96. The van der Waals surface area contributed by atoms with Gasteiger partial charge < -0.3 is 9.84 Å². The van der Waals surface area contributed by atoms with Crippen molar-refractivity contribution in [1.29, 1.82) is 0 Å². The zero-order valence-electron chi connectivity index (χ0n) is 9.87. The lowest BCUT2D eigenvalue weighted by Gasteiger charge is -2.46. The van der Waals surface area contributed by atoms with Crippen LogP contribution in [0.25, 0.3) is 0 Å². The second-order valence-corrected chi connectivity index (χ2v) is 5.19. The van der Waals surface area contributed by atoms with Crippen molar-refractivity contribution in [2.45, 2.75) is 70.0 Å². The Labute approximate surface area is 93.0 Å². The molecule has 2 heteroatoms. The monoisotopic (exact) mass is 212 g/mol. The average molecular weight is 212 g/mol. The highest BCUT2D eigenvalue weighted by Crippen LogP contribution is 2.42. The molecule has 0 aliphatic heterocycles. The molecule has 0 aromatic rings. The normalized spacial score (nSPS) is 28.4. The van der Waals surface area contributed by atoms with E-state index in [1.807, 2.05) is 6.92 Å². The van der Waals surface area contributed by atoms with Crippen molar-refractivity contribution in [3.63, 3.8) is 0 Å². The van der Waals surface area contributed by atoms with Gasteiger partial charge in [-0.25, -0.2) is 0 Å². The van der Waals surface area contributed by atoms with Crippen molar-refractivity contribution in [2.24, 2.45) is 5.92 Å². The Morgan fingerprint density at radius 2 is 1.87 bits per heavy atom. The van der Waals surface area contributed by atoms with Gasteiger partial charge in [-0.3, -0.25) is 0 Å². The van der Waals surface area contributed by atoms with E-state index in [0.29, 0.717) is 5.92 Å². The van der Waals surface area contributed by atoms with Crippen LogP contribution in [-0.4, -0.2) is 23.4 Å². The van der Waals surface area contributed by atoms with Gasteiger partial charge in [0.15, 0.2) is 0 Å². The van der Waals surface area contributed by atoms with E-state index in [0.717, 1.165) is 19.4 Å². The fourth-order valence-electron chi connectivity index (χ4n) is 3.15. The summed E-state index contributed by atoms with van der Waals surface area (Å²) in [6, 6.07) is 0. The Bertz CT molecular complexity index is 187. The summed E-state index contributed by atoms with van der Waals surface area (Å²) in [6.07, 6.45) is 9.40. The van der Waals surface area contributed by atoms with Crippen LogP contribution < -0.4 is 0 Å². The molecule has 0 saturated heterocycles. The molecule has 2 fully saturated rings. The minimum atomic E-state index is -0.202. The molecule has 2 nitrogen and oxygen atoms in total. The second kappa shape index (κ2) is 4.84. The van der Waals surface area contributed by atoms with E-state index in [2.05, 4.69) is 0 Å². The molecule has 2 aliphatic rings. The molecule has 88 valence electrons. The van der Waals surface area contributed by atoms with Crippen LogP contribution in [-0.2, 0) is 4.74 Å². The highest BCUT2D eigenvalue weighted by Gasteiger charge is 2.44. The van der Waals surface area contributed by atoms with Gasteiger partial charge in [0, 0.05) is 6.61 Å². The van der Waals surface area contributed by atoms with Gasteiger partial charge in [0.1, 0.15) is 0 Å². The molecule has 1 N–H and O–H groups in total. The minimum Gasteiger partial charge on any atom is -0.390 e. The Morgan fingerprint density at radius 1 is 1.20 bits per heavy atom. The first-order chi connectivity index (χ1) is 7.28.